The molecule has 1 heterocycles. The van der Waals surface area contributed by atoms with Crippen LogP contribution in [0.15, 0.2) is 24.3 Å². The second-order valence-electron chi connectivity index (χ2n) is 2.77. The highest BCUT2D eigenvalue weighted by Crippen LogP contribution is 2.20. The standard InChI is InChI=1S/C9H8N2O2.ClH/c10-5-11-8(12)6-3-1-2-4-7(6)9(11)13;/h1-4H,5,10H2;1H. The third-order valence-corrected chi connectivity index (χ3v) is 2.06. The number of hydrogen-bond donors (Lipinski definition) is 1. The number of nitrogens with two attached hydrogens (primary N) is 1. The molecule has 0 saturated heterocycles. The smallest absolute Gasteiger partial charge is 0.262 e. The zero-order chi connectivity index (χ0) is 9.42. The SMILES string of the molecule is Cl.NCN1C(=O)c2ccccc2C1=O. The molecule has 2 N–H and O–H groups in total. The van der Waals surface area contributed by atoms with Crippen LogP contribution in [-0.2, 0) is 0 Å². The van der Waals surface area contributed by atoms with Crippen molar-refractivity contribution in [2.75, 3.05) is 6.67 Å². The van der Waals surface area contributed by atoms with Gasteiger partial charge in [0.15, 0.2) is 0 Å². The number of carbonyl (C=O) groups is 2. The molecule has 2 amide bonds. The average Bonchev–Trinajstić information content (AvgIpc) is 2.41. The summed E-state index contributed by atoms with van der Waals surface area (Å²) < 4.78 is 0. The lowest BCUT2D eigenvalue weighted by Gasteiger charge is -2.08. The molecule has 0 aliphatic carbocycles. The van der Waals surface area contributed by atoms with E-state index in [9.17, 15) is 9.59 Å². The minimum atomic E-state index is -0.303. The maximum Gasteiger partial charge on any atom is 0.262 e. The Hall–Kier alpha value is -1.39. The van der Waals surface area contributed by atoms with Crippen molar-refractivity contribution in [2.45, 2.75) is 0 Å². The van der Waals surface area contributed by atoms with Gasteiger partial charge in [-0.1, -0.05) is 12.1 Å². The Bertz CT molecular complexity index is 357. The molecule has 14 heavy (non-hydrogen) atoms. The molecule has 0 fully saturated rings. The second-order valence-corrected chi connectivity index (χ2v) is 2.77. The molecule has 0 saturated carbocycles. The highest BCUT2D eigenvalue weighted by Gasteiger charge is 2.33. The molecule has 0 unspecified atom stereocenters. The number of benzene rings is 1. The first-order valence-electron chi connectivity index (χ1n) is 3.91. The van der Waals surface area contributed by atoms with Crippen LogP contribution >= 0.6 is 12.4 Å². The number of rotatable bonds is 1. The normalized spacial score (nSPS) is 13.9. The first kappa shape index (κ1) is 10.7. The second kappa shape index (κ2) is 3.77. The van der Waals surface area contributed by atoms with Gasteiger partial charge in [0.1, 0.15) is 0 Å². The molecule has 1 aliphatic heterocycles. The van der Waals surface area contributed by atoms with Gasteiger partial charge in [0.25, 0.3) is 11.8 Å². The van der Waals surface area contributed by atoms with Crippen molar-refractivity contribution in [3.63, 3.8) is 0 Å². The van der Waals surface area contributed by atoms with Gasteiger partial charge >= 0.3 is 0 Å². The van der Waals surface area contributed by atoms with E-state index in [2.05, 4.69) is 0 Å². The minimum Gasteiger partial charge on any atom is -0.313 e. The van der Waals surface area contributed by atoms with Gasteiger partial charge in [0, 0.05) is 0 Å². The summed E-state index contributed by atoms with van der Waals surface area (Å²) in [7, 11) is 0. The van der Waals surface area contributed by atoms with E-state index in [1.807, 2.05) is 0 Å². The molecule has 1 aromatic rings. The topological polar surface area (TPSA) is 63.4 Å². The summed E-state index contributed by atoms with van der Waals surface area (Å²) in [5, 5.41) is 0. The van der Waals surface area contributed by atoms with E-state index in [0.29, 0.717) is 11.1 Å². The van der Waals surface area contributed by atoms with Gasteiger partial charge in [-0.15, -0.1) is 12.4 Å². The van der Waals surface area contributed by atoms with Crippen LogP contribution in [0.1, 0.15) is 20.7 Å². The van der Waals surface area contributed by atoms with E-state index < -0.39 is 0 Å². The molecule has 0 aromatic heterocycles. The fourth-order valence-corrected chi connectivity index (χ4v) is 1.40. The summed E-state index contributed by atoms with van der Waals surface area (Å²) in [5.74, 6) is -0.605. The van der Waals surface area contributed by atoms with E-state index in [4.69, 9.17) is 5.73 Å². The summed E-state index contributed by atoms with van der Waals surface area (Å²) >= 11 is 0. The molecule has 4 nitrogen and oxygen atoms in total. The minimum absolute atomic E-state index is 0. The molecule has 5 heteroatoms. The summed E-state index contributed by atoms with van der Waals surface area (Å²) in [6.45, 7) is -0.0631. The molecule has 1 aliphatic rings. The number of amides is 2. The Morgan fingerprint density at radius 2 is 1.50 bits per heavy atom. The predicted molar refractivity (Wildman–Crippen MR) is 53.2 cm³/mol. The summed E-state index contributed by atoms with van der Waals surface area (Å²) in [6, 6.07) is 6.71. The summed E-state index contributed by atoms with van der Waals surface area (Å²) in [5.41, 5.74) is 6.16. The molecule has 0 spiro atoms. The number of imide groups is 1. The van der Waals surface area contributed by atoms with Crippen molar-refractivity contribution < 1.29 is 9.59 Å². The van der Waals surface area contributed by atoms with Gasteiger partial charge in [-0.2, -0.15) is 0 Å². The third kappa shape index (κ3) is 1.29. The van der Waals surface area contributed by atoms with Crippen LogP contribution in [0.3, 0.4) is 0 Å². The Labute approximate surface area is 87.1 Å². The van der Waals surface area contributed by atoms with E-state index in [1.165, 1.54) is 0 Å². The fourth-order valence-electron chi connectivity index (χ4n) is 1.40. The number of nitrogens with zero attached hydrogens (tertiary/aromatic N) is 1. The van der Waals surface area contributed by atoms with Crippen molar-refractivity contribution in [3.05, 3.63) is 35.4 Å². The molecular formula is C9H9ClN2O2. The zero-order valence-electron chi connectivity index (χ0n) is 7.27. The van der Waals surface area contributed by atoms with Crippen LogP contribution in [0.25, 0.3) is 0 Å². The van der Waals surface area contributed by atoms with Crippen LogP contribution in [-0.4, -0.2) is 23.4 Å². The lowest BCUT2D eigenvalue weighted by atomic mass is 10.1. The molecule has 1 aromatic carbocycles. The van der Waals surface area contributed by atoms with Crippen molar-refractivity contribution in [1.29, 1.82) is 0 Å². The van der Waals surface area contributed by atoms with Gasteiger partial charge in [-0.05, 0) is 12.1 Å². The van der Waals surface area contributed by atoms with E-state index in [0.717, 1.165) is 4.90 Å². The highest BCUT2D eigenvalue weighted by molar-refractivity contribution is 6.21. The molecule has 74 valence electrons. The van der Waals surface area contributed by atoms with Gasteiger partial charge in [-0.3, -0.25) is 14.5 Å². The van der Waals surface area contributed by atoms with Gasteiger partial charge in [0.05, 0.1) is 17.8 Å². The Balaban J connectivity index is 0.000000980. The summed E-state index contributed by atoms with van der Waals surface area (Å²) in [6.07, 6.45) is 0. The molecule has 2 rings (SSSR count). The van der Waals surface area contributed by atoms with Crippen LogP contribution in [0, 0.1) is 0 Å². The average molecular weight is 213 g/mol. The Kier molecular flexibility index (Phi) is 2.88. The molecular weight excluding hydrogens is 204 g/mol. The highest BCUT2D eigenvalue weighted by atomic mass is 35.5. The van der Waals surface area contributed by atoms with Gasteiger partial charge in [0.2, 0.25) is 0 Å². The number of carbonyl (C=O) groups excluding carboxylic acids is 2. The number of halogens is 1. The van der Waals surface area contributed by atoms with Crippen molar-refractivity contribution in [3.8, 4) is 0 Å². The maximum atomic E-state index is 11.5. The van der Waals surface area contributed by atoms with Crippen LogP contribution < -0.4 is 5.73 Å². The van der Waals surface area contributed by atoms with Crippen LogP contribution in [0.4, 0.5) is 0 Å². The quantitative estimate of drug-likeness (QED) is 0.695. The van der Waals surface area contributed by atoms with Crippen LogP contribution in [0.2, 0.25) is 0 Å². The first-order chi connectivity index (χ1) is 6.25. The van der Waals surface area contributed by atoms with Crippen LogP contribution in [0.5, 0.6) is 0 Å². The summed E-state index contributed by atoms with van der Waals surface area (Å²) in [4.78, 5) is 24.0. The van der Waals surface area contributed by atoms with Crippen molar-refractivity contribution >= 4 is 24.2 Å². The lowest BCUT2D eigenvalue weighted by molar-refractivity contribution is 0.0658. The van der Waals surface area contributed by atoms with Crippen molar-refractivity contribution in [2.24, 2.45) is 5.73 Å². The predicted octanol–water partition coefficient (Wildman–Crippen LogP) is 0.621. The number of fused-ring (bicyclic) bond motifs is 1. The van der Waals surface area contributed by atoms with Crippen molar-refractivity contribution in [1.82, 2.24) is 4.90 Å². The monoisotopic (exact) mass is 212 g/mol. The van der Waals surface area contributed by atoms with E-state index in [1.54, 1.807) is 24.3 Å². The van der Waals surface area contributed by atoms with E-state index >= 15 is 0 Å². The number of hydrogen-bond acceptors (Lipinski definition) is 3. The fraction of sp³-hybridized carbons (Fsp3) is 0.111. The Morgan fingerprint density at radius 1 is 1.07 bits per heavy atom. The molecule has 0 atom stereocenters. The van der Waals surface area contributed by atoms with Gasteiger partial charge in [-0.25, -0.2) is 0 Å². The Morgan fingerprint density at radius 3 is 1.86 bits per heavy atom. The first-order valence-corrected chi connectivity index (χ1v) is 3.91. The zero-order valence-corrected chi connectivity index (χ0v) is 8.08. The maximum absolute atomic E-state index is 11.5. The molecule has 0 radical (unpaired) electrons. The van der Waals surface area contributed by atoms with Gasteiger partial charge < -0.3 is 5.73 Å². The third-order valence-electron chi connectivity index (χ3n) is 2.06. The largest absolute Gasteiger partial charge is 0.313 e. The lowest BCUT2D eigenvalue weighted by Crippen LogP contribution is -2.34. The molecule has 0 bridgehead atoms. The van der Waals surface area contributed by atoms with E-state index in [-0.39, 0.29) is 30.9 Å².